The van der Waals surface area contributed by atoms with E-state index >= 15 is 0 Å². The minimum atomic E-state index is 0. The molecule has 0 unspecified atom stereocenters. The van der Waals surface area contributed by atoms with Crippen molar-refractivity contribution in [2.75, 3.05) is 0 Å². The minimum absolute atomic E-state index is 0. The molecule has 0 saturated carbocycles. The van der Waals surface area contributed by atoms with E-state index in [1.165, 1.54) is 22.5 Å². The van der Waals surface area contributed by atoms with Crippen molar-refractivity contribution in [1.29, 1.82) is 0 Å². The van der Waals surface area contributed by atoms with Crippen LogP contribution in [0, 0.1) is 0 Å². The molecule has 0 aliphatic heterocycles. The molecule has 39 valence electrons. The zero-order valence-electron chi connectivity index (χ0n) is 3.01. The van der Waals surface area contributed by atoms with Crippen molar-refractivity contribution >= 4 is 59.7 Å². The maximum Gasteiger partial charge on any atom is -0.147 e. The first kappa shape index (κ1) is 26.2. The van der Waals surface area contributed by atoms with Crippen LogP contribution in [0.25, 0.3) is 0 Å². The summed E-state index contributed by atoms with van der Waals surface area (Å²) in [6.07, 6.45) is 0. The molecule has 0 fully saturated rings. The van der Waals surface area contributed by atoms with Gasteiger partial charge in [-0.15, -0.1) is 37.2 Å². The van der Waals surface area contributed by atoms with Gasteiger partial charge in [0, 0.05) is 0 Å². The molecular weight excluding hydrogens is 249 g/mol. The van der Waals surface area contributed by atoms with Crippen LogP contribution in [-0.2, 0) is 0 Å². The first-order chi connectivity index (χ1) is 1.41. The topological polar surface area (TPSA) is 0 Å². The first-order valence-electron chi connectivity index (χ1n) is 0.697. The van der Waals surface area contributed by atoms with Gasteiger partial charge in [-0.25, -0.2) is 0 Å². The van der Waals surface area contributed by atoms with Crippen LogP contribution >= 0.6 is 37.2 Å². The number of rotatable bonds is 0. The quantitative estimate of drug-likeness (QED) is 0.576. The summed E-state index contributed by atoms with van der Waals surface area (Å²) < 4.78 is 1.84. The van der Waals surface area contributed by atoms with Gasteiger partial charge in [-0.05, 0) is 0 Å². The van der Waals surface area contributed by atoms with E-state index < -0.39 is 0 Å². The molecule has 0 atom stereocenters. The van der Waals surface area contributed by atoms with Gasteiger partial charge in [-0.3, -0.25) is 0 Å². The molecule has 0 aliphatic rings. The van der Waals surface area contributed by atoms with Crippen molar-refractivity contribution < 1.29 is 0 Å². The predicted octanol–water partition coefficient (Wildman–Crippen LogP) is 1.56. The summed E-state index contributed by atoms with van der Waals surface area (Å²) in [4.78, 5) is 0. The molecule has 0 aromatic rings. The van der Waals surface area contributed by atoms with Crippen LogP contribution in [0.3, 0.4) is 0 Å². The molecule has 3 radical (unpaired) electrons. The van der Waals surface area contributed by atoms with Gasteiger partial charge in [0.15, 0.2) is 0 Å². The molecule has 0 amide bonds. The fraction of sp³-hybridized carbons (Fsp3) is 0. The van der Waals surface area contributed by atoms with Gasteiger partial charge in [0.25, 0.3) is 0 Å². The van der Waals surface area contributed by atoms with Crippen molar-refractivity contribution in [3.63, 3.8) is 0 Å². The maximum atomic E-state index is 3.40. The van der Waals surface area contributed by atoms with E-state index in [-0.39, 0.29) is 37.2 Å². The van der Waals surface area contributed by atoms with Crippen molar-refractivity contribution in [1.82, 2.24) is 0 Å². The molecule has 0 rings (SSSR count). The second-order valence-electron chi connectivity index (χ2n) is 0.204. The predicted molar refractivity (Wildman–Crippen MR) is 37.7 cm³/mol. The van der Waals surface area contributed by atoms with Crippen LogP contribution < -0.4 is 0 Å². The Morgan fingerprint density at radius 1 is 1.17 bits per heavy atom. The summed E-state index contributed by atoms with van der Waals surface area (Å²) in [6, 6.07) is 0. The number of halogens is 3. The molecule has 0 aromatic carbocycles. The van der Waals surface area contributed by atoms with Gasteiger partial charge in [-0.1, -0.05) is 0 Å². The first-order valence-corrected chi connectivity index (χ1v) is 2.34. The van der Waals surface area contributed by atoms with Crippen molar-refractivity contribution in [3.05, 3.63) is 10.7 Å². The zero-order valence-corrected chi connectivity index (χ0v) is 8.31. The smallest absolute Gasteiger partial charge is 0.147 e. The third kappa shape index (κ3) is 53.0. The Bertz CT molecular complexity index is 16.3. The van der Waals surface area contributed by atoms with Gasteiger partial charge in [0.2, 0.25) is 0 Å². The van der Waals surface area contributed by atoms with E-state index in [0.29, 0.717) is 0 Å². The molecule has 0 heterocycles. The molecule has 0 aliphatic carbocycles. The largest absolute Gasteiger partial charge is 0.147 e. The van der Waals surface area contributed by atoms with E-state index in [0.717, 1.165) is 0 Å². The van der Waals surface area contributed by atoms with E-state index in [9.17, 15) is 0 Å². The average molecular weight is 255 g/mol. The second kappa shape index (κ2) is 32.3. The van der Waals surface area contributed by atoms with Gasteiger partial charge in [-0.2, -0.15) is 0 Å². The standard InChI is InChI=1S/C2H3.3ClH.Sn/c1-2;;;;/h1H,2H2;3*1H;. The molecule has 4 heteroatoms. The Hall–Kier alpha value is 1.41. The van der Waals surface area contributed by atoms with Gasteiger partial charge in [0.05, 0.1) is 0 Å². The Labute approximate surface area is 70.1 Å². The number of hydrogen-bond donors (Lipinski definition) is 0. The average Bonchev–Trinajstić information content (AvgIpc) is 0.918. The van der Waals surface area contributed by atoms with Crippen molar-refractivity contribution in [2.45, 2.75) is 0 Å². The SMILES string of the molecule is C=[CH][Sn].Cl.Cl.Cl. The molecule has 0 saturated heterocycles. The third-order valence-corrected chi connectivity index (χ3v) is 0. The molecule has 0 N–H and O–H groups in total. The molecule has 0 spiro atoms. The maximum absolute atomic E-state index is 3.40. The van der Waals surface area contributed by atoms with Crippen LogP contribution in [0.4, 0.5) is 0 Å². The zero-order chi connectivity index (χ0) is 2.71. The van der Waals surface area contributed by atoms with Gasteiger partial charge < -0.3 is 0 Å². The van der Waals surface area contributed by atoms with Crippen LogP contribution in [0.1, 0.15) is 0 Å². The van der Waals surface area contributed by atoms with Crippen LogP contribution in [0.2, 0.25) is 0 Å². The summed E-state index contributed by atoms with van der Waals surface area (Å²) >= 11 is 1.40. The summed E-state index contributed by atoms with van der Waals surface area (Å²) in [6.45, 7) is 3.40. The van der Waals surface area contributed by atoms with E-state index in [1.807, 2.05) is 4.09 Å². The Morgan fingerprint density at radius 2 is 1.17 bits per heavy atom. The summed E-state index contributed by atoms with van der Waals surface area (Å²) in [5.41, 5.74) is 0. The number of hydrogen-bond acceptors (Lipinski definition) is 0. The summed E-state index contributed by atoms with van der Waals surface area (Å²) in [7, 11) is 0. The molecule has 0 aromatic heterocycles. The second-order valence-corrected chi connectivity index (χ2v) is 1.37. The molecule has 6 heavy (non-hydrogen) atoms. The normalized spacial score (nSPS) is 2.17. The van der Waals surface area contributed by atoms with Gasteiger partial charge in [0.1, 0.15) is 0 Å². The minimum Gasteiger partial charge on any atom is -0.147 e. The van der Waals surface area contributed by atoms with Crippen LogP contribution in [-0.4, -0.2) is 22.5 Å². The Kier molecular flexibility index (Phi) is 141. The van der Waals surface area contributed by atoms with Crippen molar-refractivity contribution in [2.24, 2.45) is 0 Å². The van der Waals surface area contributed by atoms with Crippen molar-refractivity contribution in [3.8, 4) is 0 Å². The fourth-order valence-corrected chi connectivity index (χ4v) is 0. The van der Waals surface area contributed by atoms with Crippen LogP contribution in [0.15, 0.2) is 10.7 Å². The fourth-order valence-electron chi connectivity index (χ4n) is 0. The van der Waals surface area contributed by atoms with Crippen LogP contribution in [0.5, 0.6) is 0 Å². The molecule has 0 bridgehead atoms. The summed E-state index contributed by atoms with van der Waals surface area (Å²) in [5, 5.41) is 0. The van der Waals surface area contributed by atoms with Gasteiger partial charge >= 0.3 is 33.2 Å². The van der Waals surface area contributed by atoms with E-state index in [2.05, 4.69) is 6.58 Å². The molecular formula is C2H6Cl3Sn. The molecule has 0 nitrogen and oxygen atoms in total. The third-order valence-electron chi connectivity index (χ3n) is 0. The Balaban J connectivity index is -0.00000000667. The Morgan fingerprint density at radius 3 is 1.17 bits per heavy atom. The van der Waals surface area contributed by atoms with E-state index in [4.69, 9.17) is 0 Å². The monoisotopic (exact) mass is 255 g/mol. The summed E-state index contributed by atoms with van der Waals surface area (Å²) in [5.74, 6) is 0. The van der Waals surface area contributed by atoms with E-state index in [1.54, 1.807) is 0 Å².